The van der Waals surface area contributed by atoms with Gasteiger partial charge >= 0.3 is 0 Å². The van der Waals surface area contributed by atoms with E-state index >= 15 is 0 Å². The van der Waals surface area contributed by atoms with Gasteiger partial charge in [-0.25, -0.2) is 0 Å². The second kappa shape index (κ2) is 9.28. The Kier molecular flexibility index (Phi) is 4.98. The summed E-state index contributed by atoms with van der Waals surface area (Å²) >= 11 is 0. The Morgan fingerprint density at radius 3 is 2.00 bits per heavy atom. The standard InChI is InChI=1S/C43H27BN2O/c1-5-13-36-29(9-1)25-30-10-2-6-14-37(30)45(36)31-20-17-27(18-21-31)28-19-23-35-41(26-28)47-40-24-22-33-32-11-3-7-15-38(32)46-39-16-8-4-12-34(39)44(35)42(40)43(33)46/h1-24,26H,25H2. The summed E-state index contributed by atoms with van der Waals surface area (Å²) < 4.78 is 9.24. The van der Waals surface area contributed by atoms with Gasteiger partial charge in [0.05, 0.1) is 11.0 Å². The van der Waals surface area contributed by atoms with Crippen LogP contribution in [0.1, 0.15) is 11.1 Å². The molecule has 0 aliphatic carbocycles. The zero-order valence-electron chi connectivity index (χ0n) is 25.5. The van der Waals surface area contributed by atoms with Gasteiger partial charge in [0.2, 0.25) is 0 Å². The van der Waals surface area contributed by atoms with Crippen LogP contribution in [0.2, 0.25) is 0 Å². The number of nitrogens with zero attached hydrogens (tertiary/aromatic N) is 2. The minimum absolute atomic E-state index is 0.112. The Balaban J connectivity index is 1.03. The monoisotopic (exact) mass is 598 g/mol. The number of fused-ring (bicyclic) bond motifs is 10. The number of aromatic nitrogens is 1. The van der Waals surface area contributed by atoms with E-state index in [9.17, 15) is 0 Å². The highest BCUT2D eigenvalue weighted by atomic mass is 16.5. The molecule has 1 aromatic heterocycles. The maximum atomic E-state index is 6.79. The highest BCUT2D eigenvalue weighted by Gasteiger charge is 2.40. The molecule has 3 nitrogen and oxygen atoms in total. The minimum atomic E-state index is 0.112. The average molecular weight is 599 g/mol. The van der Waals surface area contributed by atoms with Crippen LogP contribution >= 0.6 is 0 Å². The van der Waals surface area contributed by atoms with E-state index in [0.717, 1.165) is 29.2 Å². The van der Waals surface area contributed by atoms with E-state index in [-0.39, 0.29) is 6.71 Å². The van der Waals surface area contributed by atoms with Gasteiger partial charge in [0.25, 0.3) is 6.71 Å². The molecule has 0 amide bonds. The van der Waals surface area contributed by atoms with Gasteiger partial charge < -0.3 is 14.2 Å². The van der Waals surface area contributed by atoms with Crippen molar-refractivity contribution < 1.29 is 4.74 Å². The molecule has 3 aliphatic heterocycles. The van der Waals surface area contributed by atoms with Crippen molar-refractivity contribution in [2.75, 3.05) is 4.90 Å². The van der Waals surface area contributed by atoms with Crippen molar-refractivity contribution in [2.45, 2.75) is 6.42 Å². The van der Waals surface area contributed by atoms with Crippen molar-refractivity contribution in [3.8, 4) is 28.3 Å². The first kappa shape index (κ1) is 25.2. The molecule has 0 unspecified atom stereocenters. The highest BCUT2D eigenvalue weighted by Crippen LogP contribution is 2.44. The summed E-state index contributed by atoms with van der Waals surface area (Å²) in [5.74, 6) is 1.88. The first-order valence-electron chi connectivity index (χ1n) is 16.4. The maximum absolute atomic E-state index is 6.79. The average Bonchev–Trinajstić information content (AvgIpc) is 3.48. The van der Waals surface area contributed by atoms with Gasteiger partial charge in [-0.2, -0.15) is 0 Å². The lowest BCUT2D eigenvalue weighted by molar-refractivity contribution is 0.488. The van der Waals surface area contributed by atoms with Crippen LogP contribution in [-0.4, -0.2) is 11.3 Å². The van der Waals surface area contributed by atoms with Gasteiger partial charge in [0, 0.05) is 39.9 Å². The molecule has 0 atom stereocenters. The summed E-state index contributed by atoms with van der Waals surface area (Å²) in [4.78, 5) is 2.39. The molecular formula is C43H27BN2O. The lowest BCUT2D eigenvalue weighted by Crippen LogP contribution is -2.58. The lowest BCUT2D eigenvalue weighted by atomic mass is 9.34. The molecule has 3 aliphatic rings. The predicted octanol–water partition coefficient (Wildman–Crippen LogP) is 8.76. The fourth-order valence-electron chi connectivity index (χ4n) is 8.43. The zero-order valence-corrected chi connectivity index (χ0v) is 25.5. The first-order chi connectivity index (χ1) is 23.3. The third kappa shape index (κ3) is 3.42. The lowest BCUT2D eigenvalue weighted by Gasteiger charge is -2.33. The molecular weight excluding hydrogens is 571 g/mol. The Labute approximate surface area is 273 Å². The molecule has 4 heterocycles. The van der Waals surface area contributed by atoms with Crippen LogP contribution in [0.4, 0.5) is 17.1 Å². The second-order valence-electron chi connectivity index (χ2n) is 12.9. The second-order valence-corrected chi connectivity index (χ2v) is 12.9. The third-order valence-electron chi connectivity index (χ3n) is 10.5. The van der Waals surface area contributed by atoms with Gasteiger partial charge in [-0.05, 0) is 93.2 Å². The summed E-state index contributed by atoms with van der Waals surface area (Å²) in [6.07, 6.45) is 0.957. The van der Waals surface area contributed by atoms with Crippen LogP contribution < -0.4 is 26.0 Å². The smallest absolute Gasteiger partial charge is 0.256 e. The van der Waals surface area contributed by atoms with Crippen molar-refractivity contribution in [1.82, 2.24) is 4.57 Å². The van der Waals surface area contributed by atoms with Crippen molar-refractivity contribution >= 4 is 62.0 Å². The molecule has 0 radical (unpaired) electrons. The fraction of sp³-hybridized carbons (Fsp3) is 0.0233. The molecule has 7 aromatic carbocycles. The SMILES string of the molecule is c1ccc2c(c1)Cc1ccccc1N2c1ccc(-c2ccc3c(c2)Oc2ccc4c5ccccc5n5c4c2B3c2ccccc2-5)cc1. The Morgan fingerprint density at radius 1 is 0.511 bits per heavy atom. The Bertz CT molecular complexity index is 2550. The van der Waals surface area contributed by atoms with E-state index in [4.69, 9.17) is 4.74 Å². The Morgan fingerprint density at radius 2 is 1.19 bits per heavy atom. The topological polar surface area (TPSA) is 17.4 Å². The van der Waals surface area contributed by atoms with Crippen LogP contribution in [0.15, 0.2) is 152 Å². The largest absolute Gasteiger partial charge is 0.458 e. The number of para-hydroxylation sites is 4. The van der Waals surface area contributed by atoms with Crippen LogP contribution in [0.5, 0.6) is 11.5 Å². The van der Waals surface area contributed by atoms with Gasteiger partial charge in [-0.3, -0.25) is 0 Å². The Hall–Kier alpha value is -6.00. The van der Waals surface area contributed by atoms with Crippen LogP contribution in [0, 0.1) is 0 Å². The zero-order chi connectivity index (χ0) is 30.6. The summed E-state index contributed by atoms with van der Waals surface area (Å²) in [5, 5.41) is 2.56. The van der Waals surface area contributed by atoms with Crippen LogP contribution in [-0.2, 0) is 6.42 Å². The molecule has 0 saturated carbocycles. The number of benzene rings is 7. The maximum Gasteiger partial charge on any atom is 0.256 e. The molecule has 0 saturated heterocycles. The fourth-order valence-corrected chi connectivity index (χ4v) is 8.43. The van der Waals surface area contributed by atoms with E-state index in [1.165, 1.54) is 71.9 Å². The van der Waals surface area contributed by atoms with Gasteiger partial charge in [-0.1, -0.05) is 97.1 Å². The summed E-state index contributed by atoms with van der Waals surface area (Å²) in [6, 6.07) is 55.3. The molecule has 4 heteroatoms. The molecule has 8 aromatic rings. The van der Waals surface area contributed by atoms with E-state index < -0.39 is 0 Å². The van der Waals surface area contributed by atoms with Gasteiger partial charge in [-0.15, -0.1) is 0 Å². The molecule has 47 heavy (non-hydrogen) atoms. The van der Waals surface area contributed by atoms with E-state index in [0.29, 0.717) is 0 Å². The van der Waals surface area contributed by atoms with Crippen molar-refractivity contribution in [2.24, 2.45) is 0 Å². The normalized spacial score (nSPS) is 13.5. The molecule has 0 spiro atoms. The minimum Gasteiger partial charge on any atom is -0.458 e. The molecule has 0 fully saturated rings. The van der Waals surface area contributed by atoms with Crippen molar-refractivity contribution in [3.05, 3.63) is 163 Å². The third-order valence-corrected chi connectivity index (χ3v) is 10.5. The van der Waals surface area contributed by atoms with Gasteiger partial charge in [0.1, 0.15) is 11.5 Å². The molecule has 0 bridgehead atoms. The van der Waals surface area contributed by atoms with Crippen LogP contribution in [0.3, 0.4) is 0 Å². The van der Waals surface area contributed by atoms with Crippen molar-refractivity contribution in [3.63, 3.8) is 0 Å². The molecule has 11 rings (SSSR count). The summed E-state index contributed by atoms with van der Waals surface area (Å²) in [5.41, 5.74) is 16.2. The number of hydrogen-bond donors (Lipinski definition) is 0. The summed E-state index contributed by atoms with van der Waals surface area (Å²) in [6.45, 7) is 0.112. The van der Waals surface area contributed by atoms with Crippen molar-refractivity contribution in [1.29, 1.82) is 0 Å². The number of anilines is 3. The molecule has 218 valence electrons. The summed E-state index contributed by atoms with van der Waals surface area (Å²) in [7, 11) is 0. The number of rotatable bonds is 2. The van der Waals surface area contributed by atoms with E-state index in [2.05, 4.69) is 161 Å². The van der Waals surface area contributed by atoms with E-state index in [1.54, 1.807) is 0 Å². The highest BCUT2D eigenvalue weighted by molar-refractivity contribution is 6.99. The van der Waals surface area contributed by atoms with Gasteiger partial charge in [0.15, 0.2) is 0 Å². The number of ether oxygens (including phenoxy) is 1. The quantitative estimate of drug-likeness (QED) is 0.185. The predicted molar refractivity (Wildman–Crippen MR) is 195 cm³/mol. The number of hydrogen-bond acceptors (Lipinski definition) is 2. The van der Waals surface area contributed by atoms with Crippen LogP contribution in [0.25, 0.3) is 38.6 Å². The first-order valence-corrected chi connectivity index (χ1v) is 16.4. The van der Waals surface area contributed by atoms with E-state index in [1.807, 2.05) is 0 Å². The molecule has 0 N–H and O–H groups in total.